The zero-order chi connectivity index (χ0) is 13.8. The van der Waals surface area contributed by atoms with Crippen LogP contribution < -0.4 is 4.90 Å². The van der Waals surface area contributed by atoms with Gasteiger partial charge in [0, 0.05) is 34.6 Å². The zero-order valence-electron chi connectivity index (χ0n) is 10.7. The van der Waals surface area contributed by atoms with Crippen molar-refractivity contribution in [1.29, 1.82) is 0 Å². The maximum absolute atomic E-state index is 10.5. The van der Waals surface area contributed by atoms with Gasteiger partial charge in [-0.15, -0.1) is 0 Å². The van der Waals surface area contributed by atoms with Crippen LogP contribution in [0.5, 0.6) is 0 Å². The molecule has 19 heavy (non-hydrogen) atoms. The Morgan fingerprint density at radius 2 is 2.37 bits per heavy atom. The highest BCUT2D eigenvalue weighted by Crippen LogP contribution is 2.31. The van der Waals surface area contributed by atoms with E-state index in [0.717, 1.165) is 34.2 Å². The average molecular weight is 342 g/mol. The lowest BCUT2D eigenvalue weighted by atomic mass is 10.1. The van der Waals surface area contributed by atoms with Crippen LogP contribution in [0.4, 0.5) is 5.69 Å². The Morgan fingerprint density at radius 1 is 1.58 bits per heavy atom. The molecule has 1 aliphatic rings. The fourth-order valence-corrected chi connectivity index (χ4v) is 3.75. The van der Waals surface area contributed by atoms with Crippen LogP contribution in [0.1, 0.15) is 12.5 Å². The van der Waals surface area contributed by atoms with Crippen LogP contribution in [0.15, 0.2) is 28.7 Å². The SMILES string of the molecule is CC1CSCCN1c1ccc(/C=C/C(=O)O)cc1Br. The van der Waals surface area contributed by atoms with Gasteiger partial charge in [-0.2, -0.15) is 11.8 Å². The van der Waals surface area contributed by atoms with Gasteiger partial charge >= 0.3 is 5.97 Å². The quantitative estimate of drug-likeness (QED) is 0.854. The summed E-state index contributed by atoms with van der Waals surface area (Å²) >= 11 is 5.58. The summed E-state index contributed by atoms with van der Waals surface area (Å²) in [6.07, 6.45) is 2.76. The minimum absolute atomic E-state index is 0.524. The van der Waals surface area contributed by atoms with Crippen molar-refractivity contribution < 1.29 is 9.90 Å². The second kappa shape index (κ2) is 6.48. The van der Waals surface area contributed by atoms with Gasteiger partial charge in [-0.05, 0) is 46.6 Å². The van der Waals surface area contributed by atoms with Gasteiger partial charge in [-0.3, -0.25) is 0 Å². The van der Waals surface area contributed by atoms with Crippen molar-refractivity contribution in [3.63, 3.8) is 0 Å². The second-order valence-electron chi connectivity index (χ2n) is 4.50. The molecule has 102 valence electrons. The molecule has 5 heteroatoms. The van der Waals surface area contributed by atoms with E-state index < -0.39 is 5.97 Å². The van der Waals surface area contributed by atoms with Gasteiger partial charge in [0.25, 0.3) is 0 Å². The largest absolute Gasteiger partial charge is 0.478 e. The Hall–Kier alpha value is -0.940. The standard InChI is InChI=1S/C14H16BrNO2S/c1-10-9-19-7-6-16(10)13-4-2-11(8-12(13)15)3-5-14(17)18/h2-5,8,10H,6-7,9H2,1H3,(H,17,18)/b5-3+. The fraction of sp³-hybridized carbons (Fsp3) is 0.357. The summed E-state index contributed by atoms with van der Waals surface area (Å²) in [6.45, 7) is 3.28. The Morgan fingerprint density at radius 3 is 3.00 bits per heavy atom. The van der Waals surface area contributed by atoms with Crippen molar-refractivity contribution in [3.8, 4) is 0 Å². The number of rotatable bonds is 3. The molecule has 0 amide bonds. The summed E-state index contributed by atoms with van der Waals surface area (Å²) in [5, 5.41) is 8.63. The van der Waals surface area contributed by atoms with Gasteiger partial charge in [-0.1, -0.05) is 6.07 Å². The maximum Gasteiger partial charge on any atom is 0.328 e. The Bertz CT molecular complexity index is 504. The highest BCUT2D eigenvalue weighted by atomic mass is 79.9. The molecule has 1 atom stereocenters. The third-order valence-corrected chi connectivity index (χ3v) is 4.89. The number of nitrogens with zero attached hydrogens (tertiary/aromatic N) is 1. The number of carboxylic acids is 1. The smallest absolute Gasteiger partial charge is 0.328 e. The lowest BCUT2D eigenvalue weighted by molar-refractivity contribution is -0.131. The number of halogens is 1. The lowest BCUT2D eigenvalue weighted by Crippen LogP contribution is -2.40. The molecular formula is C14H16BrNO2S. The molecule has 2 rings (SSSR count). The first-order chi connectivity index (χ1) is 9.08. The first-order valence-electron chi connectivity index (χ1n) is 6.13. The van der Waals surface area contributed by atoms with Crippen molar-refractivity contribution in [2.75, 3.05) is 23.0 Å². The minimum Gasteiger partial charge on any atom is -0.478 e. The molecule has 1 saturated heterocycles. The molecule has 1 aromatic carbocycles. The summed E-state index contributed by atoms with van der Waals surface area (Å²) in [5.74, 6) is 1.37. The molecule has 0 aliphatic carbocycles. The van der Waals surface area contributed by atoms with Crippen molar-refractivity contribution in [2.45, 2.75) is 13.0 Å². The first-order valence-corrected chi connectivity index (χ1v) is 8.07. The van der Waals surface area contributed by atoms with Gasteiger partial charge in [0.1, 0.15) is 0 Å². The number of hydrogen-bond acceptors (Lipinski definition) is 3. The van der Waals surface area contributed by atoms with Crippen molar-refractivity contribution in [3.05, 3.63) is 34.3 Å². The Balaban J connectivity index is 2.21. The van der Waals surface area contributed by atoms with E-state index in [0.29, 0.717) is 6.04 Å². The highest BCUT2D eigenvalue weighted by molar-refractivity contribution is 9.10. The number of anilines is 1. The lowest BCUT2D eigenvalue weighted by Gasteiger charge is -2.35. The van der Waals surface area contributed by atoms with E-state index in [1.54, 1.807) is 6.08 Å². The van der Waals surface area contributed by atoms with Crippen LogP contribution in [-0.2, 0) is 4.79 Å². The average Bonchev–Trinajstić information content (AvgIpc) is 2.38. The van der Waals surface area contributed by atoms with E-state index in [2.05, 4.69) is 33.8 Å². The van der Waals surface area contributed by atoms with Crippen LogP contribution in [0.3, 0.4) is 0 Å². The normalized spacial score (nSPS) is 19.9. The summed E-state index contributed by atoms with van der Waals surface area (Å²) in [4.78, 5) is 12.9. The summed E-state index contributed by atoms with van der Waals surface area (Å²) < 4.78 is 1.01. The van der Waals surface area contributed by atoms with E-state index in [-0.39, 0.29) is 0 Å². The number of hydrogen-bond donors (Lipinski definition) is 1. The third kappa shape index (κ3) is 3.76. The van der Waals surface area contributed by atoms with Gasteiger partial charge < -0.3 is 10.0 Å². The van der Waals surface area contributed by atoms with Gasteiger partial charge in [0.05, 0.1) is 5.69 Å². The van der Waals surface area contributed by atoms with Crippen molar-refractivity contribution in [2.24, 2.45) is 0 Å². The molecular weight excluding hydrogens is 326 g/mol. The molecule has 0 spiro atoms. The Labute approximate surface area is 125 Å². The van der Waals surface area contributed by atoms with Crippen LogP contribution in [0.2, 0.25) is 0 Å². The molecule has 1 aliphatic heterocycles. The number of carboxylic acid groups (broad SMARTS) is 1. The van der Waals surface area contributed by atoms with Crippen LogP contribution in [-0.4, -0.2) is 35.2 Å². The monoisotopic (exact) mass is 341 g/mol. The van der Waals surface area contributed by atoms with Crippen molar-refractivity contribution >= 4 is 45.4 Å². The molecule has 0 bridgehead atoms. The van der Waals surface area contributed by atoms with Gasteiger partial charge in [-0.25, -0.2) is 4.79 Å². The number of thioether (sulfide) groups is 1. The minimum atomic E-state index is -0.929. The number of benzene rings is 1. The van der Waals surface area contributed by atoms with Gasteiger partial charge in [0.15, 0.2) is 0 Å². The molecule has 1 aromatic rings. The van der Waals surface area contributed by atoms with Crippen LogP contribution in [0, 0.1) is 0 Å². The molecule has 0 aromatic heterocycles. The summed E-state index contributed by atoms with van der Waals surface area (Å²) in [5.41, 5.74) is 2.07. The molecule has 0 saturated carbocycles. The highest BCUT2D eigenvalue weighted by Gasteiger charge is 2.20. The van der Waals surface area contributed by atoms with Crippen LogP contribution in [0.25, 0.3) is 6.08 Å². The summed E-state index contributed by atoms with van der Waals surface area (Å²) in [7, 11) is 0. The van der Waals surface area contributed by atoms with E-state index in [9.17, 15) is 4.79 Å². The van der Waals surface area contributed by atoms with Crippen LogP contribution >= 0.6 is 27.7 Å². The van der Waals surface area contributed by atoms with Crippen molar-refractivity contribution in [1.82, 2.24) is 0 Å². The van der Waals surface area contributed by atoms with E-state index in [1.165, 1.54) is 5.69 Å². The predicted octanol–water partition coefficient (Wildman–Crippen LogP) is 3.49. The van der Waals surface area contributed by atoms with Gasteiger partial charge in [0.2, 0.25) is 0 Å². The molecule has 0 radical (unpaired) electrons. The molecule has 1 unspecified atom stereocenters. The van der Waals surface area contributed by atoms with E-state index in [1.807, 2.05) is 23.9 Å². The topological polar surface area (TPSA) is 40.5 Å². The zero-order valence-corrected chi connectivity index (χ0v) is 13.1. The molecule has 3 nitrogen and oxygen atoms in total. The predicted molar refractivity (Wildman–Crippen MR) is 84.9 cm³/mol. The third-order valence-electron chi connectivity index (χ3n) is 3.07. The van der Waals surface area contributed by atoms with E-state index >= 15 is 0 Å². The molecule has 1 heterocycles. The Kier molecular flexibility index (Phi) is 4.93. The molecule has 1 fully saturated rings. The molecule has 1 N–H and O–H groups in total. The number of aliphatic carboxylic acids is 1. The first kappa shape index (κ1) is 14.5. The second-order valence-corrected chi connectivity index (χ2v) is 6.50. The van der Waals surface area contributed by atoms with E-state index in [4.69, 9.17) is 5.11 Å². The fourth-order valence-electron chi connectivity index (χ4n) is 2.11. The maximum atomic E-state index is 10.5. The number of carbonyl (C=O) groups is 1. The summed E-state index contributed by atoms with van der Waals surface area (Å²) in [6, 6.07) is 6.49.